The number of nitrogens with one attached hydrogen (secondary N) is 1. The van der Waals surface area contributed by atoms with Crippen LogP contribution in [0.25, 0.3) is 0 Å². The summed E-state index contributed by atoms with van der Waals surface area (Å²) in [7, 11) is 0. The molecule has 0 aliphatic carbocycles. The maximum Gasteiger partial charge on any atom is 0.0954 e. The van der Waals surface area contributed by atoms with Crippen molar-refractivity contribution >= 4 is 11.3 Å². The lowest BCUT2D eigenvalue weighted by Gasteiger charge is -2.02. The summed E-state index contributed by atoms with van der Waals surface area (Å²) in [4.78, 5) is 6.16. The van der Waals surface area contributed by atoms with E-state index in [0.29, 0.717) is 0 Å². The van der Waals surface area contributed by atoms with E-state index in [2.05, 4.69) is 19.2 Å². The van der Waals surface area contributed by atoms with Crippen molar-refractivity contribution in [1.29, 1.82) is 0 Å². The van der Waals surface area contributed by atoms with Gasteiger partial charge in [0.2, 0.25) is 0 Å². The number of aromatic nitrogens is 1. The second-order valence-corrected chi connectivity index (χ2v) is 5.52. The first kappa shape index (κ1) is 15.6. The molecule has 0 fully saturated rings. The zero-order valence-electron chi connectivity index (χ0n) is 11.9. The van der Waals surface area contributed by atoms with Crippen LogP contribution in [-0.4, -0.2) is 24.7 Å². The molecule has 0 aliphatic heterocycles. The molecule has 1 aromatic rings. The van der Waals surface area contributed by atoms with Crippen LogP contribution in [0.1, 0.15) is 49.2 Å². The van der Waals surface area contributed by atoms with Crippen molar-refractivity contribution in [2.45, 2.75) is 53.0 Å². The van der Waals surface area contributed by atoms with E-state index in [4.69, 9.17) is 9.72 Å². The van der Waals surface area contributed by atoms with Gasteiger partial charge in [-0.25, -0.2) is 4.98 Å². The molecule has 4 heteroatoms. The summed E-state index contributed by atoms with van der Waals surface area (Å²) in [5, 5.41) is 4.69. The molecular formula is C14H26N2OS. The minimum absolute atomic E-state index is 0.789. The molecule has 0 radical (unpaired) electrons. The van der Waals surface area contributed by atoms with Gasteiger partial charge in [-0.15, -0.1) is 11.3 Å². The van der Waals surface area contributed by atoms with Crippen LogP contribution in [0.3, 0.4) is 0 Å². The van der Waals surface area contributed by atoms with Gasteiger partial charge in [0, 0.05) is 24.4 Å². The van der Waals surface area contributed by atoms with Crippen LogP contribution in [0.2, 0.25) is 0 Å². The topological polar surface area (TPSA) is 34.1 Å². The summed E-state index contributed by atoms with van der Waals surface area (Å²) >= 11 is 1.85. The Morgan fingerprint density at radius 2 is 2.00 bits per heavy atom. The third-order valence-corrected chi connectivity index (χ3v) is 3.84. The number of aryl methyl sites for hydroxylation is 1. The maximum absolute atomic E-state index is 5.40. The number of hydrogen-bond donors (Lipinski definition) is 1. The average molecular weight is 270 g/mol. The standard InChI is InChI=1S/C14H26N2OS/c1-4-7-12-13(11-15-9-5-2)18-14(16-12)8-10-17-6-3/h15H,4-11H2,1-3H3. The van der Waals surface area contributed by atoms with Crippen molar-refractivity contribution in [2.24, 2.45) is 0 Å². The van der Waals surface area contributed by atoms with Gasteiger partial charge in [0.1, 0.15) is 0 Å². The summed E-state index contributed by atoms with van der Waals surface area (Å²) in [6.07, 6.45) is 4.38. The first-order valence-corrected chi connectivity index (χ1v) is 7.89. The molecule has 1 heterocycles. The van der Waals surface area contributed by atoms with Gasteiger partial charge in [0.25, 0.3) is 0 Å². The molecule has 0 saturated heterocycles. The van der Waals surface area contributed by atoms with Gasteiger partial charge >= 0.3 is 0 Å². The highest BCUT2D eigenvalue weighted by Crippen LogP contribution is 2.20. The van der Waals surface area contributed by atoms with Gasteiger partial charge in [0.15, 0.2) is 0 Å². The highest BCUT2D eigenvalue weighted by molar-refractivity contribution is 7.11. The van der Waals surface area contributed by atoms with E-state index in [-0.39, 0.29) is 0 Å². The molecule has 0 bridgehead atoms. The second-order valence-electron chi connectivity index (χ2n) is 4.35. The zero-order valence-corrected chi connectivity index (χ0v) is 12.7. The lowest BCUT2D eigenvalue weighted by atomic mass is 10.2. The van der Waals surface area contributed by atoms with E-state index in [1.165, 1.54) is 22.0 Å². The minimum atomic E-state index is 0.789. The first-order chi connectivity index (χ1) is 8.81. The molecule has 0 aromatic carbocycles. The normalized spacial score (nSPS) is 11.1. The Bertz CT molecular complexity index is 326. The van der Waals surface area contributed by atoms with E-state index in [9.17, 15) is 0 Å². The van der Waals surface area contributed by atoms with Crippen molar-refractivity contribution < 1.29 is 4.74 Å². The Labute approximate surface area is 115 Å². The number of rotatable bonds is 10. The molecule has 0 spiro atoms. The van der Waals surface area contributed by atoms with Gasteiger partial charge in [-0.05, 0) is 26.3 Å². The van der Waals surface area contributed by atoms with Gasteiger partial charge < -0.3 is 10.1 Å². The van der Waals surface area contributed by atoms with Crippen LogP contribution in [0, 0.1) is 0 Å². The van der Waals surface area contributed by atoms with Crippen LogP contribution in [0.5, 0.6) is 0 Å². The number of ether oxygens (including phenoxy) is 1. The van der Waals surface area contributed by atoms with Crippen LogP contribution in [0.15, 0.2) is 0 Å². The summed E-state index contributed by atoms with van der Waals surface area (Å²) in [6.45, 7) is 10.1. The van der Waals surface area contributed by atoms with Gasteiger partial charge in [0.05, 0.1) is 17.3 Å². The Morgan fingerprint density at radius 1 is 1.17 bits per heavy atom. The highest BCUT2D eigenvalue weighted by Gasteiger charge is 2.10. The molecule has 0 unspecified atom stereocenters. The fraction of sp³-hybridized carbons (Fsp3) is 0.786. The fourth-order valence-corrected chi connectivity index (χ4v) is 2.86. The lowest BCUT2D eigenvalue weighted by molar-refractivity contribution is 0.151. The number of nitrogens with zero attached hydrogens (tertiary/aromatic N) is 1. The van der Waals surface area contributed by atoms with Crippen LogP contribution in [-0.2, 0) is 24.1 Å². The summed E-state index contributed by atoms with van der Waals surface area (Å²) in [6, 6.07) is 0. The lowest BCUT2D eigenvalue weighted by Crippen LogP contribution is -2.13. The molecule has 1 rings (SSSR count). The molecule has 3 nitrogen and oxygen atoms in total. The quantitative estimate of drug-likeness (QED) is 0.663. The predicted octanol–water partition coefficient (Wildman–Crippen LogP) is 3.17. The van der Waals surface area contributed by atoms with Crippen molar-refractivity contribution in [1.82, 2.24) is 10.3 Å². The molecule has 1 aromatic heterocycles. The molecule has 0 saturated carbocycles. The van der Waals surface area contributed by atoms with E-state index in [1.54, 1.807) is 0 Å². The average Bonchev–Trinajstić information content (AvgIpc) is 2.73. The molecule has 104 valence electrons. The molecule has 0 atom stereocenters. The van der Waals surface area contributed by atoms with Crippen LogP contribution < -0.4 is 5.32 Å². The Hall–Kier alpha value is -0.450. The van der Waals surface area contributed by atoms with E-state index in [1.807, 2.05) is 18.3 Å². The van der Waals surface area contributed by atoms with E-state index in [0.717, 1.165) is 45.6 Å². The molecule has 18 heavy (non-hydrogen) atoms. The fourth-order valence-electron chi connectivity index (χ4n) is 1.80. The van der Waals surface area contributed by atoms with Crippen LogP contribution >= 0.6 is 11.3 Å². The van der Waals surface area contributed by atoms with Gasteiger partial charge in [-0.3, -0.25) is 0 Å². The zero-order chi connectivity index (χ0) is 13.2. The summed E-state index contributed by atoms with van der Waals surface area (Å²) < 4.78 is 5.40. The van der Waals surface area contributed by atoms with Crippen molar-refractivity contribution in [3.63, 3.8) is 0 Å². The molecule has 0 amide bonds. The Kier molecular flexibility index (Phi) is 8.22. The van der Waals surface area contributed by atoms with Gasteiger partial charge in [-0.2, -0.15) is 0 Å². The molecular weight excluding hydrogens is 244 g/mol. The second kappa shape index (κ2) is 9.48. The first-order valence-electron chi connectivity index (χ1n) is 7.07. The predicted molar refractivity (Wildman–Crippen MR) is 78.3 cm³/mol. The SMILES string of the molecule is CCCNCc1sc(CCOCC)nc1CCC. The van der Waals surface area contributed by atoms with E-state index < -0.39 is 0 Å². The number of hydrogen-bond acceptors (Lipinski definition) is 4. The molecule has 0 aliphatic rings. The van der Waals surface area contributed by atoms with E-state index >= 15 is 0 Å². The minimum Gasteiger partial charge on any atom is -0.381 e. The number of thiazole rings is 1. The maximum atomic E-state index is 5.40. The third kappa shape index (κ3) is 5.46. The van der Waals surface area contributed by atoms with Crippen molar-refractivity contribution in [3.05, 3.63) is 15.6 Å². The van der Waals surface area contributed by atoms with Crippen molar-refractivity contribution in [2.75, 3.05) is 19.8 Å². The Balaban J connectivity index is 2.55. The molecule has 1 N–H and O–H groups in total. The third-order valence-electron chi connectivity index (χ3n) is 2.69. The smallest absolute Gasteiger partial charge is 0.0954 e. The Morgan fingerprint density at radius 3 is 2.67 bits per heavy atom. The highest BCUT2D eigenvalue weighted by atomic mass is 32.1. The summed E-state index contributed by atoms with van der Waals surface area (Å²) in [5.41, 5.74) is 1.29. The van der Waals surface area contributed by atoms with Crippen molar-refractivity contribution in [3.8, 4) is 0 Å². The van der Waals surface area contributed by atoms with Gasteiger partial charge in [-0.1, -0.05) is 20.3 Å². The largest absolute Gasteiger partial charge is 0.381 e. The van der Waals surface area contributed by atoms with Crippen LogP contribution in [0.4, 0.5) is 0 Å². The monoisotopic (exact) mass is 270 g/mol. The summed E-state index contributed by atoms with van der Waals surface area (Å²) in [5.74, 6) is 0.